The van der Waals surface area contributed by atoms with Gasteiger partial charge in [0, 0.05) is 13.1 Å². The van der Waals surface area contributed by atoms with Gasteiger partial charge in [0.2, 0.25) is 11.0 Å². The molecule has 1 amide bonds. The number of aryl methyl sites for hydroxylation is 2. The van der Waals surface area contributed by atoms with Crippen molar-refractivity contribution in [2.75, 3.05) is 10.6 Å². The van der Waals surface area contributed by atoms with Gasteiger partial charge in [0.25, 0.3) is 0 Å². The second-order valence-electron chi connectivity index (χ2n) is 5.71. The number of amides is 1. The molecule has 0 saturated heterocycles. The summed E-state index contributed by atoms with van der Waals surface area (Å²) in [7, 11) is 1.87. The number of hydrogen-bond donors (Lipinski definition) is 2. The number of hydrogen-bond acceptors (Lipinski definition) is 7. The van der Waals surface area contributed by atoms with Gasteiger partial charge in [0.1, 0.15) is 0 Å². The Morgan fingerprint density at radius 3 is 2.74 bits per heavy atom. The molecule has 2 N–H and O–H groups in total. The van der Waals surface area contributed by atoms with Crippen molar-refractivity contribution >= 4 is 39.8 Å². The van der Waals surface area contributed by atoms with E-state index < -0.39 is 0 Å². The number of anilines is 2. The maximum Gasteiger partial charge on any atom is 0.237 e. The van der Waals surface area contributed by atoms with Gasteiger partial charge < -0.3 is 10.6 Å². The summed E-state index contributed by atoms with van der Waals surface area (Å²) in [5, 5.41) is 19.4. The molecule has 0 spiro atoms. The SMILES string of the molecule is Cc1nn(C)c(C)c1NC(=O)C(C)Sc1nnc(NC2CC2)s1. The Balaban J connectivity index is 1.59. The van der Waals surface area contributed by atoms with Crippen molar-refractivity contribution in [2.45, 2.75) is 49.2 Å². The number of rotatable bonds is 6. The molecule has 1 aliphatic rings. The van der Waals surface area contributed by atoms with Crippen molar-refractivity contribution in [1.29, 1.82) is 0 Å². The number of nitrogens with one attached hydrogen (secondary N) is 2. The summed E-state index contributed by atoms with van der Waals surface area (Å²) in [4.78, 5) is 12.4. The molecular formula is C14H20N6OS2. The smallest absolute Gasteiger partial charge is 0.237 e. The topological polar surface area (TPSA) is 84.7 Å². The first-order valence-corrected chi connectivity index (χ1v) is 9.21. The van der Waals surface area contributed by atoms with Crippen molar-refractivity contribution in [3.05, 3.63) is 11.4 Å². The highest BCUT2D eigenvalue weighted by molar-refractivity contribution is 8.02. The Morgan fingerprint density at radius 1 is 1.39 bits per heavy atom. The van der Waals surface area contributed by atoms with E-state index in [-0.39, 0.29) is 11.2 Å². The zero-order valence-corrected chi connectivity index (χ0v) is 15.2. The number of aromatic nitrogens is 4. The van der Waals surface area contributed by atoms with Crippen LogP contribution in [-0.4, -0.2) is 37.2 Å². The van der Waals surface area contributed by atoms with E-state index in [2.05, 4.69) is 25.9 Å². The van der Waals surface area contributed by atoms with Crippen LogP contribution in [0.4, 0.5) is 10.8 Å². The molecule has 9 heteroatoms. The van der Waals surface area contributed by atoms with E-state index in [0.717, 1.165) is 26.5 Å². The highest BCUT2D eigenvalue weighted by Crippen LogP contribution is 2.32. The second-order valence-corrected chi connectivity index (χ2v) is 8.28. The molecule has 124 valence electrons. The average molecular weight is 352 g/mol. The van der Waals surface area contributed by atoms with Crippen LogP contribution < -0.4 is 10.6 Å². The Kier molecular flexibility index (Phi) is 4.58. The summed E-state index contributed by atoms with van der Waals surface area (Å²) in [6.45, 7) is 5.70. The summed E-state index contributed by atoms with van der Waals surface area (Å²) >= 11 is 2.92. The normalized spacial score (nSPS) is 15.5. The Hall–Kier alpha value is -1.61. The summed E-state index contributed by atoms with van der Waals surface area (Å²) in [5.41, 5.74) is 2.56. The van der Waals surface area contributed by atoms with Crippen LogP contribution in [-0.2, 0) is 11.8 Å². The maximum atomic E-state index is 12.4. The fourth-order valence-electron chi connectivity index (χ4n) is 2.10. The summed E-state index contributed by atoms with van der Waals surface area (Å²) in [6.07, 6.45) is 2.40. The van der Waals surface area contributed by atoms with Crippen LogP contribution in [0.2, 0.25) is 0 Å². The highest BCUT2D eigenvalue weighted by Gasteiger charge is 2.24. The van der Waals surface area contributed by atoms with E-state index in [1.165, 1.54) is 35.9 Å². The number of nitrogens with zero attached hydrogens (tertiary/aromatic N) is 4. The summed E-state index contributed by atoms with van der Waals surface area (Å²) < 4.78 is 2.57. The third kappa shape index (κ3) is 3.84. The Bertz CT molecular complexity index is 721. The van der Waals surface area contributed by atoms with E-state index in [9.17, 15) is 4.79 Å². The van der Waals surface area contributed by atoms with Gasteiger partial charge >= 0.3 is 0 Å². The van der Waals surface area contributed by atoms with Gasteiger partial charge in [-0.15, -0.1) is 10.2 Å². The molecule has 1 fully saturated rings. The Morgan fingerprint density at radius 2 is 2.13 bits per heavy atom. The molecule has 1 aliphatic carbocycles. The summed E-state index contributed by atoms with van der Waals surface area (Å²) in [6, 6.07) is 0.554. The first kappa shape index (κ1) is 16.3. The number of carbonyl (C=O) groups excluding carboxylic acids is 1. The molecule has 1 atom stereocenters. The molecule has 0 radical (unpaired) electrons. The number of carbonyl (C=O) groups is 1. The average Bonchev–Trinajstić information content (AvgIpc) is 3.15. The molecule has 3 rings (SSSR count). The van der Waals surface area contributed by atoms with E-state index in [0.29, 0.717) is 6.04 Å². The van der Waals surface area contributed by atoms with Crippen LogP contribution in [0.3, 0.4) is 0 Å². The van der Waals surface area contributed by atoms with Gasteiger partial charge in [-0.25, -0.2) is 0 Å². The minimum absolute atomic E-state index is 0.0545. The molecule has 7 nitrogen and oxygen atoms in total. The largest absolute Gasteiger partial charge is 0.357 e. The second kappa shape index (κ2) is 6.48. The van der Waals surface area contributed by atoms with Crippen LogP contribution in [0.25, 0.3) is 0 Å². The zero-order chi connectivity index (χ0) is 16.6. The Labute approximate surface area is 143 Å². The molecule has 0 aliphatic heterocycles. The molecule has 2 aromatic rings. The molecule has 23 heavy (non-hydrogen) atoms. The highest BCUT2D eigenvalue weighted by atomic mass is 32.2. The van der Waals surface area contributed by atoms with Gasteiger partial charge in [0.15, 0.2) is 4.34 Å². The molecule has 2 heterocycles. The standard InChI is InChI=1S/C14H20N6OS2/c1-7-11(8(2)20(4)19-7)16-12(21)9(3)22-14-18-17-13(23-14)15-10-5-6-10/h9-10H,5-6H2,1-4H3,(H,15,17)(H,16,21). The van der Waals surface area contributed by atoms with E-state index >= 15 is 0 Å². The first-order chi connectivity index (χ1) is 10.9. The lowest BCUT2D eigenvalue weighted by Crippen LogP contribution is -2.23. The van der Waals surface area contributed by atoms with Crippen molar-refractivity contribution in [1.82, 2.24) is 20.0 Å². The van der Waals surface area contributed by atoms with Crippen molar-refractivity contribution in [3.63, 3.8) is 0 Å². The van der Waals surface area contributed by atoms with Gasteiger partial charge in [-0.3, -0.25) is 9.48 Å². The maximum absolute atomic E-state index is 12.4. The quantitative estimate of drug-likeness (QED) is 0.777. The predicted molar refractivity (Wildman–Crippen MR) is 93.2 cm³/mol. The fourth-order valence-corrected chi connectivity index (χ4v) is 4.08. The molecule has 2 aromatic heterocycles. The minimum atomic E-state index is -0.254. The van der Waals surface area contributed by atoms with E-state index in [4.69, 9.17) is 0 Å². The van der Waals surface area contributed by atoms with Gasteiger partial charge in [-0.1, -0.05) is 23.1 Å². The van der Waals surface area contributed by atoms with Crippen molar-refractivity contribution in [2.24, 2.45) is 7.05 Å². The third-order valence-corrected chi connectivity index (χ3v) is 5.75. The lowest BCUT2D eigenvalue weighted by Gasteiger charge is -2.10. The van der Waals surface area contributed by atoms with Crippen molar-refractivity contribution in [3.8, 4) is 0 Å². The lowest BCUT2D eigenvalue weighted by molar-refractivity contribution is -0.115. The molecule has 0 bridgehead atoms. The van der Waals surface area contributed by atoms with Crippen LogP contribution in [0.1, 0.15) is 31.2 Å². The molecular weight excluding hydrogens is 332 g/mol. The first-order valence-electron chi connectivity index (χ1n) is 7.52. The van der Waals surface area contributed by atoms with Gasteiger partial charge in [-0.2, -0.15) is 5.10 Å². The monoisotopic (exact) mass is 352 g/mol. The predicted octanol–water partition coefficient (Wildman–Crippen LogP) is 2.58. The van der Waals surface area contributed by atoms with Crippen LogP contribution in [0.5, 0.6) is 0 Å². The van der Waals surface area contributed by atoms with Crippen molar-refractivity contribution < 1.29 is 4.79 Å². The third-order valence-electron chi connectivity index (χ3n) is 3.72. The lowest BCUT2D eigenvalue weighted by atomic mass is 10.3. The molecule has 1 unspecified atom stereocenters. The molecule has 0 aromatic carbocycles. The van der Waals surface area contributed by atoms with Gasteiger partial charge in [0.05, 0.1) is 22.3 Å². The fraction of sp³-hybridized carbons (Fsp3) is 0.571. The molecule has 1 saturated carbocycles. The minimum Gasteiger partial charge on any atom is -0.357 e. The van der Waals surface area contributed by atoms with Gasteiger partial charge in [-0.05, 0) is 33.6 Å². The van der Waals surface area contributed by atoms with Crippen LogP contribution in [0, 0.1) is 13.8 Å². The van der Waals surface area contributed by atoms with Crippen LogP contribution >= 0.6 is 23.1 Å². The van der Waals surface area contributed by atoms with Crippen LogP contribution in [0.15, 0.2) is 4.34 Å². The number of thioether (sulfide) groups is 1. The summed E-state index contributed by atoms with van der Waals surface area (Å²) in [5.74, 6) is -0.0545. The van der Waals surface area contributed by atoms with E-state index in [1.807, 2.05) is 27.8 Å². The zero-order valence-electron chi connectivity index (χ0n) is 13.6. The van der Waals surface area contributed by atoms with E-state index in [1.54, 1.807) is 4.68 Å².